The van der Waals surface area contributed by atoms with Gasteiger partial charge in [0.15, 0.2) is 0 Å². The van der Waals surface area contributed by atoms with Crippen molar-refractivity contribution in [3.63, 3.8) is 0 Å². The van der Waals surface area contributed by atoms with Crippen molar-refractivity contribution in [3.8, 4) is 0 Å². The van der Waals surface area contributed by atoms with Gasteiger partial charge in [-0.3, -0.25) is 14.5 Å². The van der Waals surface area contributed by atoms with Crippen molar-refractivity contribution in [2.45, 2.75) is 38.8 Å². The van der Waals surface area contributed by atoms with E-state index in [1.54, 1.807) is 25.1 Å². The van der Waals surface area contributed by atoms with Crippen LogP contribution in [0.2, 0.25) is 0 Å². The number of nitrogens with one attached hydrogen (secondary N) is 2. The van der Waals surface area contributed by atoms with E-state index in [9.17, 15) is 14.4 Å². The second-order valence-corrected chi connectivity index (χ2v) is 6.75. The van der Waals surface area contributed by atoms with Gasteiger partial charge < -0.3 is 10.6 Å². The summed E-state index contributed by atoms with van der Waals surface area (Å²) in [4.78, 5) is 37.8. The van der Waals surface area contributed by atoms with Crippen LogP contribution >= 0.6 is 15.9 Å². The minimum atomic E-state index is -1.17. The first-order chi connectivity index (χ1) is 10.8. The second kappa shape index (κ2) is 6.70. The van der Waals surface area contributed by atoms with E-state index in [1.165, 1.54) is 0 Å². The molecule has 7 heteroatoms. The Balaban J connectivity index is 2.18. The van der Waals surface area contributed by atoms with E-state index in [1.807, 2.05) is 19.9 Å². The summed E-state index contributed by atoms with van der Waals surface area (Å²) in [5.41, 5.74) is -0.507. The standard InChI is InChI=1S/C16H20BrN3O3/c1-4-10(2)18-13(21)9-20-14(22)16(3,19-15(20)23)11-6-5-7-12(17)8-11/h5-8,10H,4,9H2,1-3H3,(H,18,21)(H,19,23)/t10-,16+/m0/s1. The monoisotopic (exact) mass is 381 g/mol. The molecule has 4 amide bonds. The zero-order chi connectivity index (χ0) is 17.2. The van der Waals surface area contributed by atoms with Gasteiger partial charge >= 0.3 is 6.03 Å². The zero-order valence-corrected chi connectivity index (χ0v) is 14.9. The molecule has 1 aliphatic rings. The Labute approximate surface area is 143 Å². The highest BCUT2D eigenvalue weighted by atomic mass is 79.9. The molecule has 0 unspecified atom stereocenters. The van der Waals surface area contributed by atoms with Gasteiger partial charge in [0.1, 0.15) is 12.1 Å². The highest BCUT2D eigenvalue weighted by molar-refractivity contribution is 9.10. The van der Waals surface area contributed by atoms with E-state index >= 15 is 0 Å². The van der Waals surface area contributed by atoms with E-state index in [4.69, 9.17) is 0 Å². The second-order valence-electron chi connectivity index (χ2n) is 5.83. The van der Waals surface area contributed by atoms with Crippen LogP contribution in [-0.2, 0) is 15.1 Å². The highest BCUT2D eigenvalue weighted by Crippen LogP contribution is 2.30. The van der Waals surface area contributed by atoms with Gasteiger partial charge in [0.05, 0.1) is 0 Å². The SMILES string of the molecule is CC[C@H](C)NC(=O)CN1C(=O)N[C@](C)(c2cccc(Br)c2)C1=O. The first-order valence-electron chi connectivity index (χ1n) is 7.47. The molecule has 124 valence electrons. The smallest absolute Gasteiger partial charge is 0.325 e. The normalized spacial score (nSPS) is 22.0. The molecule has 2 atom stereocenters. The average molecular weight is 382 g/mol. The van der Waals surface area contributed by atoms with Crippen molar-refractivity contribution in [2.75, 3.05) is 6.54 Å². The molecule has 0 saturated carbocycles. The highest BCUT2D eigenvalue weighted by Gasteiger charge is 2.49. The predicted molar refractivity (Wildman–Crippen MR) is 89.6 cm³/mol. The lowest BCUT2D eigenvalue weighted by Crippen LogP contribution is -2.44. The number of hydrogen-bond acceptors (Lipinski definition) is 3. The van der Waals surface area contributed by atoms with Gasteiger partial charge in [-0.15, -0.1) is 0 Å². The van der Waals surface area contributed by atoms with Gasteiger partial charge in [-0.25, -0.2) is 4.79 Å². The maximum Gasteiger partial charge on any atom is 0.325 e. The number of halogens is 1. The van der Waals surface area contributed by atoms with E-state index in [0.717, 1.165) is 15.8 Å². The molecule has 2 rings (SSSR count). The molecule has 0 radical (unpaired) electrons. The van der Waals surface area contributed by atoms with Gasteiger partial charge in [0, 0.05) is 10.5 Å². The van der Waals surface area contributed by atoms with Crippen LogP contribution in [0.1, 0.15) is 32.8 Å². The average Bonchev–Trinajstić information content (AvgIpc) is 2.71. The van der Waals surface area contributed by atoms with Crippen LogP contribution in [0, 0.1) is 0 Å². The molecule has 0 aromatic heterocycles. The molecule has 1 aromatic carbocycles. The number of hydrogen-bond donors (Lipinski definition) is 2. The lowest BCUT2D eigenvalue weighted by Gasteiger charge is -2.22. The van der Waals surface area contributed by atoms with Gasteiger partial charge in [-0.05, 0) is 38.0 Å². The summed E-state index contributed by atoms with van der Waals surface area (Å²) in [6, 6.07) is 6.62. The van der Waals surface area contributed by atoms with E-state index in [-0.39, 0.29) is 18.5 Å². The molecule has 1 fully saturated rings. The summed E-state index contributed by atoms with van der Waals surface area (Å²) in [5, 5.41) is 5.44. The topological polar surface area (TPSA) is 78.5 Å². The maximum absolute atomic E-state index is 12.7. The van der Waals surface area contributed by atoms with Crippen LogP contribution in [0.3, 0.4) is 0 Å². The molecular formula is C16H20BrN3O3. The summed E-state index contributed by atoms with van der Waals surface area (Å²) < 4.78 is 0.811. The van der Waals surface area contributed by atoms with Crippen LogP contribution in [-0.4, -0.2) is 35.3 Å². The van der Waals surface area contributed by atoms with Crippen molar-refractivity contribution in [1.29, 1.82) is 0 Å². The Hall–Kier alpha value is -1.89. The number of imide groups is 1. The molecule has 1 heterocycles. The molecule has 6 nitrogen and oxygen atoms in total. The summed E-state index contributed by atoms with van der Waals surface area (Å²) >= 11 is 3.36. The maximum atomic E-state index is 12.7. The lowest BCUT2D eigenvalue weighted by atomic mass is 9.92. The fourth-order valence-corrected chi connectivity index (χ4v) is 2.80. The first kappa shape index (κ1) is 17.5. The van der Waals surface area contributed by atoms with Crippen LogP contribution in [0.4, 0.5) is 4.79 Å². The zero-order valence-electron chi connectivity index (χ0n) is 13.4. The minimum absolute atomic E-state index is 0.000251. The summed E-state index contributed by atoms with van der Waals surface area (Å²) in [6.07, 6.45) is 0.779. The number of amides is 4. The summed E-state index contributed by atoms with van der Waals surface area (Å²) in [6.45, 7) is 5.18. The van der Waals surface area contributed by atoms with Crippen molar-refractivity contribution < 1.29 is 14.4 Å². The number of carbonyl (C=O) groups excluding carboxylic acids is 3. The van der Waals surface area contributed by atoms with Gasteiger partial charge in [-0.1, -0.05) is 35.0 Å². The van der Waals surface area contributed by atoms with Crippen LogP contribution in [0.15, 0.2) is 28.7 Å². The molecule has 1 saturated heterocycles. The fourth-order valence-electron chi connectivity index (χ4n) is 2.40. The molecule has 0 spiro atoms. The fraction of sp³-hybridized carbons (Fsp3) is 0.438. The van der Waals surface area contributed by atoms with Gasteiger partial charge in [0.25, 0.3) is 5.91 Å². The molecule has 1 aliphatic heterocycles. The third kappa shape index (κ3) is 3.55. The number of carbonyl (C=O) groups is 3. The predicted octanol–water partition coefficient (Wildman–Crippen LogP) is 2.13. The van der Waals surface area contributed by atoms with Gasteiger partial charge in [0.2, 0.25) is 5.91 Å². The number of nitrogens with zero attached hydrogens (tertiary/aromatic N) is 1. The minimum Gasteiger partial charge on any atom is -0.352 e. The lowest BCUT2D eigenvalue weighted by molar-refractivity contribution is -0.135. The quantitative estimate of drug-likeness (QED) is 0.766. The van der Waals surface area contributed by atoms with E-state index in [2.05, 4.69) is 26.6 Å². The van der Waals surface area contributed by atoms with Gasteiger partial charge in [-0.2, -0.15) is 0 Å². The summed E-state index contributed by atoms with van der Waals surface area (Å²) in [5.74, 6) is -0.777. The van der Waals surface area contributed by atoms with Crippen molar-refractivity contribution in [3.05, 3.63) is 34.3 Å². The van der Waals surface area contributed by atoms with Crippen molar-refractivity contribution in [1.82, 2.24) is 15.5 Å². The number of urea groups is 1. The Bertz CT molecular complexity index is 649. The number of benzene rings is 1. The Morgan fingerprint density at radius 2 is 2.13 bits per heavy atom. The largest absolute Gasteiger partial charge is 0.352 e. The third-order valence-electron chi connectivity index (χ3n) is 4.00. The van der Waals surface area contributed by atoms with E-state index < -0.39 is 17.5 Å². The van der Waals surface area contributed by atoms with Crippen LogP contribution in [0.5, 0.6) is 0 Å². The molecule has 1 aromatic rings. The molecular weight excluding hydrogens is 362 g/mol. The van der Waals surface area contributed by atoms with Crippen LogP contribution < -0.4 is 10.6 Å². The van der Waals surface area contributed by atoms with Crippen LogP contribution in [0.25, 0.3) is 0 Å². The van der Waals surface area contributed by atoms with Crippen molar-refractivity contribution >= 4 is 33.8 Å². The third-order valence-corrected chi connectivity index (χ3v) is 4.49. The first-order valence-corrected chi connectivity index (χ1v) is 8.26. The molecule has 2 N–H and O–H groups in total. The van der Waals surface area contributed by atoms with Crippen molar-refractivity contribution in [2.24, 2.45) is 0 Å². The Morgan fingerprint density at radius 3 is 2.74 bits per heavy atom. The number of rotatable bonds is 5. The molecule has 23 heavy (non-hydrogen) atoms. The van der Waals surface area contributed by atoms with E-state index in [0.29, 0.717) is 5.56 Å². The Kier molecular flexibility index (Phi) is 5.09. The molecule has 0 bridgehead atoms. The molecule has 0 aliphatic carbocycles. The summed E-state index contributed by atoms with van der Waals surface area (Å²) in [7, 11) is 0. The Morgan fingerprint density at radius 1 is 1.43 bits per heavy atom.